The fraction of sp³-hybridized carbons (Fsp3) is 0.286. The molecule has 2 nitrogen and oxygen atoms in total. The van der Waals surface area contributed by atoms with E-state index in [1.807, 2.05) is 12.4 Å². The average molecular weight is 154 g/mol. The van der Waals surface area contributed by atoms with Crippen LogP contribution in [0.1, 0.15) is 5.56 Å². The molecule has 0 fully saturated rings. The van der Waals surface area contributed by atoms with Gasteiger partial charge in [-0.3, -0.25) is 0 Å². The van der Waals surface area contributed by atoms with Crippen LogP contribution >= 0.6 is 12.6 Å². The Bertz CT molecular complexity index is 217. The van der Waals surface area contributed by atoms with Gasteiger partial charge in [0.25, 0.3) is 0 Å². The molecule has 0 aromatic carbocycles. The molecule has 0 amide bonds. The highest BCUT2D eigenvalue weighted by molar-refractivity contribution is 7.80. The predicted octanol–water partition coefficient (Wildman–Crippen LogP) is 1.46. The summed E-state index contributed by atoms with van der Waals surface area (Å²) < 4.78 is 1.69. The molecule has 1 heterocycles. The Balaban J connectivity index is 2.68. The van der Waals surface area contributed by atoms with E-state index in [9.17, 15) is 0 Å². The summed E-state index contributed by atoms with van der Waals surface area (Å²) >= 11 is 4.11. The summed E-state index contributed by atoms with van der Waals surface area (Å²) in [5.41, 5.74) is 1.20. The Labute approximate surface area is 66.0 Å². The monoisotopic (exact) mass is 154 g/mol. The number of hydrogen-bond acceptors (Lipinski definition) is 2. The fourth-order valence-electron chi connectivity index (χ4n) is 0.735. The van der Waals surface area contributed by atoms with E-state index < -0.39 is 0 Å². The normalized spacial score (nSPS) is 9.70. The molecule has 0 aliphatic rings. The molecule has 1 aromatic heterocycles. The van der Waals surface area contributed by atoms with Gasteiger partial charge in [0.15, 0.2) is 0 Å². The molecule has 54 valence electrons. The zero-order valence-corrected chi connectivity index (χ0v) is 6.59. The van der Waals surface area contributed by atoms with Crippen molar-refractivity contribution in [1.29, 1.82) is 0 Å². The number of aromatic nitrogens is 2. The van der Waals surface area contributed by atoms with Crippen molar-refractivity contribution in [1.82, 2.24) is 9.78 Å². The number of aryl methyl sites for hydroxylation is 1. The third kappa shape index (κ3) is 1.64. The molecule has 0 bridgehead atoms. The minimum Gasteiger partial charge on any atom is -0.249 e. The highest BCUT2D eigenvalue weighted by Gasteiger charge is 1.92. The Morgan fingerprint density at radius 3 is 3.10 bits per heavy atom. The molecule has 0 radical (unpaired) electrons. The molecule has 0 spiro atoms. The van der Waals surface area contributed by atoms with Crippen LogP contribution in [0.5, 0.6) is 0 Å². The van der Waals surface area contributed by atoms with E-state index in [1.54, 1.807) is 10.9 Å². The van der Waals surface area contributed by atoms with Crippen molar-refractivity contribution < 1.29 is 0 Å². The molecule has 1 rings (SSSR count). The summed E-state index contributed by atoms with van der Waals surface area (Å²) in [7, 11) is 0. The minimum absolute atomic E-state index is 0.864. The first-order valence-corrected chi connectivity index (χ1v) is 3.76. The van der Waals surface area contributed by atoms with Gasteiger partial charge in [-0.15, -0.1) is 0 Å². The van der Waals surface area contributed by atoms with Gasteiger partial charge in [0.2, 0.25) is 0 Å². The van der Waals surface area contributed by atoms with Crippen LogP contribution in [0.15, 0.2) is 19.0 Å². The topological polar surface area (TPSA) is 17.8 Å². The zero-order valence-electron chi connectivity index (χ0n) is 5.70. The van der Waals surface area contributed by atoms with Crippen LogP contribution in [-0.2, 0) is 6.42 Å². The molecular formula is C7H10N2S. The average Bonchev–Trinajstić information content (AvgIpc) is 2.37. The van der Waals surface area contributed by atoms with Crippen molar-refractivity contribution in [2.45, 2.75) is 6.42 Å². The summed E-state index contributed by atoms with van der Waals surface area (Å²) in [5.74, 6) is 0.864. The van der Waals surface area contributed by atoms with E-state index in [0.717, 1.165) is 12.2 Å². The molecule has 3 heteroatoms. The molecule has 10 heavy (non-hydrogen) atoms. The Morgan fingerprint density at radius 1 is 1.80 bits per heavy atom. The quantitative estimate of drug-likeness (QED) is 0.652. The number of hydrogen-bond donors (Lipinski definition) is 1. The van der Waals surface area contributed by atoms with Gasteiger partial charge in [-0.1, -0.05) is 6.58 Å². The lowest BCUT2D eigenvalue weighted by molar-refractivity contribution is 0.936. The first-order valence-electron chi connectivity index (χ1n) is 3.13. The molecule has 0 saturated carbocycles. The SMILES string of the molecule is C=Cn1cc(CCS)cn1. The van der Waals surface area contributed by atoms with Crippen molar-refractivity contribution in [3.63, 3.8) is 0 Å². The van der Waals surface area contributed by atoms with Gasteiger partial charge in [-0.05, 0) is 17.7 Å². The first-order chi connectivity index (χ1) is 4.86. The second-order valence-electron chi connectivity index (χ2n) is 1.98. The van der Waals surface area contributed by atoms with Crippen molar-refractivity contribution in [2.75, 3.05) is 5.75 Å². The lowest BCUT2D eigenvalue weighted by Gasteiger charge is -1.87. The van der Waals surface area contributed by atoms with E-state index in [1.165, 1.54) is 5.56 Å². The minimum atomic E-state index is 0.864. The zero-order chi connectivity index (χ0) is 7.40. The smallest absolute Gasteiger partial charge is 0.0526 e. The Morgan fingerprint density at radius 2 is 2.60 bits per heavy atom. The Kier molecular flexibility index (Phi) is 2.57. The summed E-state index contributed by atoms with van der Waals surface area (Å²) in [6, 6.07) is 0. The molecule has 0 aliphatic carbocycles. The van der Waals surface area contributed by atoms with Crippen molar-refractivity contribution >= 4 is 18.8 Å². The summed E-state index contributed by atoms with van der Waals surface area (Å²) in [4.78, 5) is 0. The summed E-state index contributed by atoms with van der Waals surface area (Å²) in [6.45, 7) is 3.59. The molecule has 0 aliphatic heterocycles. The van der Waals surface area contributed by atoms with E-state index >= 15 is 0 Å². The third-order valence-electron chi connectivity index (χ3n) is 1.24. The van der Waals surface area contributed by atoms with Gasteiger partial charge in [0.1, 0.15) is 0 Å². The lowest BCUT2D eigenvalue weighted by atomic mass is 10.3. The molecule has 0 unspecified atom stereocenters. The van der Waals surface area contributed by atoms with E-state index in [0.29, 0.717) is 0 Å². The van der Waals surface area contributed by atoms with Crippen molar-refractivity contribution in [3.8, 4) is 0 Å². The van der Waals surface area contributed by atoms with E-state index in [-0.39, 0.29) is 0 Å². The van der Waals surface area contributed by atoms with Crippen molar-refractivity contribution in [2.24, 2.45) is 0 Å². The first kappa shape index (κ1) is 7.41. The van der Waals surface area contributed by atoms with Crippen LogP contribution in [0.4, 0.5) is 0 Å². The van der Waals surface area contributed by atoms with Gasteiger partial charge in [0.05, 0.1) is 6.20 Å². The van der Waals surface area contributed by atoms with Crippen LogP contribution in [0.2, 0.25) is 0 Å². The van der Waals surface area contributed by atoms with Crippen LogP contribution in [-0.4, -0.2) is 15.5 Å². The molecule has 0 saturated heterocycles. The van der Waals surface area contributed by atoms with Crippen molar-refractivity contribution in [3.05, 3.63) is 24.5 Å². The number of thiol groups is 1. The fourth-order valence-corrected chi connectivity index (χ4v) is 0.994. The number of rotatable bonds is 3. The standard InChI is InChI=1S/C7H10N2S/c1-2-9-6-7(3-4-10)5-8-9/h2,5-6,10H,1,3-4H2. The highest BCUT2D eigenvalue weighted by Crippen LogP contribution is 1.99. The molecular weight excluding hydrogens is 144 g/mol. The lowest BCUT2D eigenvalue weighted by Crippen LogP contribution is -1.83. The van der Waals surface area contributed by atoms with E-state index in [4.69, 9.17) is 0 Å². The molecule has 1 aromatic rings. The maximum Gasteiger partial charge on any atom is 0.0526 e. The maximum absolute atomic E-state index is 4.11. The van der Waals surface area contributed by atoms with Crippen LogP contribution in [0.3, 0.4) is 0 Å². The largest absolute Gasteiger partial charge is 0.249 e. The molecule has 0 N–H and O–H groups in total. The van der Waals surface area contributed by atoms with Gasteiger partial charge in [0, 0.05) is 12.4 Å². The van der Waals surface area contributed by atoms with Crippen LogP contribution < -0.4 is 0 Å². The van der Waals surface area contributed by atoms with Gasteiger partial charge in [-0.2, -0.15) is 17.7 Å². The van der Waals surface area contributed by atoms with Gasteiger partial charge in [-0.25, -0.2) is 4.68 Å². The Hall–Kier alpha value is -0.700. The maximum atomic E-state index is 4.11. The predicted molar refractivity (Wildman–Crippen MR) is 46.2 cm³/mol. The van der Waals surface area contributed by atoms with Crippen LogP contribution in [0, 0.1) is 0 Å². The van der Waals surface area contributed by atoms with Crippen LogP contribution in [0.25, 0.3) is 6.20 Å². The van der Waals surface area contributed by atoms with E-state index in [2.05, 4.69) is 24.3 Å². The summed E-state index contributed by atoms with van der Waals surface area (Å²) in [5, 5.41) is 4.02. The number of nitrogens with zero attached hydrogens (tertiary/aromatic N) is 2. The van der Waals surface area contributed by atoms with Gasteiger partial charge < -0.3 is 0 Å². The highest BCUT2D eigenvalue weighted by atomic mass is 32.1. The second kappa shape index (κ2) is 3.46. The second-order valence-corrected chi connectivity index (χ2v) is 2.43. The third-order valence-corrected chi connectivity index (χ3v) is 1.47. The summed E-state index contributed by atoms with van der Waals surface area (Å²) in [6.07, 6.45) is 6.42. The van der Waals surface area contributed by atoms with Gasteiger partial charge >= 0.3 is 0 Å². The molecule has 0 atom stereocenters.